The maximum absolute atomic E-state index is 13.2. The fourth-order valence-electron chi connectivity index (χ4n) is 2.64. The number of benzene rings is 2. The van der Waals surface area contributed by atoms with Crippen LogP contribution in [-0.2, 0) is 6.42 Å². The highest BCUT2D eigenvalue weighted by molar-refractivity contribution is 5.49. The van der Waals surface area contributed by atoms with E-state index in [1.807, 2.05) is 12.1 Å². The molecule has 1 atom stereocenters. The summed E-state index contributed by atoms with van der Waals surface area (Å²) < 4.78 is 18.5. The molecule has 0 radical (unpaired) electrons. The number of anilines is 1. The summed E-state index contributed by atoms with van der Waals surface area (Å²) in [5.74, 6) is 0.653. The Morgan fingerprint density at radius 2 is 2.11 bits per heavy atom. The molecule has 98 valence electrons. The minimum atomic E-state index is -0.214. The van der Waals surface area contributed by atoms with Gasteiger partial charge in [0, 0.05) is 5.69 Å². The van der Waals surface area contributed by atoms with E-state index in [0.29, 0.717) is 0 Å². The lowest BCUT2D eigenvalue weighted by molar-refractivity contribution is 0.414. The minimum Gasteiger partial charge on any atom is -0.497 e. The summed E-state index contributed by atoms with van der Waals surface area (Å²) in [7, 11) is 1.67. The molecule has 3 heteroatoms. The highest BCUT2D eigenvalue weighted by atomic mass is 19.1. The topological polar surface area (TPSA) is 21.3 Å². The van der Waals surface area contributed by atoms with E-state index in [-0.39, 0.29) is 11.9 Å². The van der Waals surface area contributed by atoms with Crippen molar-refractivity contribution in [1.82, 2.24) is 0 Å². The maximum Gasteiger partial charge on any atom is 0.125 e. The lowest BCUT2D eigenvalue weighted by atomic mass is 10.1. The molecule has 1 aliphatic rings. The second-order valence-electron chi connectivity index (χ2n) is 4.81. The Bertz CT molecular complexity index is 597. The van der Waals surface area contributed by atoms with Crippen molar-refractivity contribution in [1.29, 1.82) is 0 Å². The fraction of sp³-hybridized carbons (Fsp3) is 0.250. The van der Waals surface area contributed by atoms with E-state index < -0.39 is 0 Å². The van der Waals surface area contributed by atoms with Gasteiger partial charge in [-0.15, -0.1) is 0 Å². The van der Waals surface area contributed by atoms with Crippen molar-refractivity contribution in [2.75, 3.05) is 12.4 Å². The quantitative estimate of drug-likeness (QED) is 0.899. The van der Waals surface area contributed by atoms with Crippen molar-refractivity contribution in [3.63, 3.8) is 0 Å². The van der Waals surface area contributed by atoms with Gasteiger partial charge in [0.1, 0.15) is 11.6 Å². The van der Waals surface area contributed by atoms with Crippen LogP contribution in [-0.4, -0.2) is 7.11 Å². The summed E-state index contributed by atoms with van der Waals surface area (Å²) in [6, 6.07) is 13.0. The Balaban J connectivity index is 1.85. The number of hydrogen-bond acceptors (Lipinski definition) is 2. The number of aryl methyl sites for hydroxylation is 1. The number of hydrogen-bond donors (Lipinski definition) is 1. The zero-order chi connectivity index (χ0) is 13.2. The molecule has 1 unspecified atom stereocenters. The highest BCUT2D eigenvalue weighted by Gasteiger charge is 2.22. The lowest BCUT2D eigenvalue weighted by Gasteiger charge is -2.16. The van der Waals surface area contributed by atoms with Crippen LogP contribution in [0.15, 0.2) is 42.5 Å². The zero-order valence-electron chi connectivity index (χ0n) is 10.8. The maximum atomic E-state index is 13.2. The Morgan fingerprint density at radius 1 is 1.21 bits per heavy atom. The number of nitrogens with one attached hydrogen (secondary N) is 1. The average Bonchev–Trinajstić information content (AvgIpc) is 2.81. The number of methoxy groups -OCH3 is 1. The minimum absolute atomic E-state index is 0.214. The first kappa shape index (κ1) is 12.0. The Kier molecular flexibility index (Phi) is 3.11. The van der Waals surface area contributed by atoms with Crippen molar-refractivity contribution in [3.8, 4) is 5.75 Å². The largest absolute Gasteiger partial charge is 0.497 e. The van der Waals surface area contributed by atoms with Crippen molar-refractivity contribution >= 4 is 5.69 Å². The van der Waals surface area contributed by atoms with E-state index in [1.54, 1.807) is 13.2 Å². The van der Waals surface area contributed by atoms with Crippen LogP contribution in [0.2, 0.25) is 0 Å². The second-order valence-corrected chi connectivity index (χ2v) is 4.81. The molecule has 0 saturated carbocycles. The van der Waals surface area contributed by atoms with Crippen LogP contribution in [0.3, 0.4) is 0 Å². The van der Waals surface area contributed by atoms with E-state index in [0.717, 1.165) is 24.3 Å². The van der Waals surface area contributed by atoms with Gasteiger partial charge in [-0.05, 0) is 54.3 Å². The van der Waals surface area contributed by atoms with E-state index in [2.05, 4.69) is 17.4 Å². The van der Waals surface area contributed by atoms with Gasteiger partial charge in [0.15, 0.2) is 0 Å². The van der Waals surface area contributed by atoms with Gasteiger partial charge in [0.25, 0.3) is 0 Å². The number of halogens is 1. The summed E-state index contributed by atoms with van der Waals surface area (Å²) in [5.41, 5.74) is 3.42. The molecule has 1 aliphatic carbocycles. The van der Waals surface area contributed by atoms with Gasteiger partial charge < -0.3 is 10.1 Å². The van der Waals surface area contributed by atoms with Crippen LogP contribution >= 0.6 is 0 Å². The average molecular weight is 257 g/mol. The van der Waals surface area contributed by atoms with E-state index >= 15 is 0 Å². The number of ether oxygens (including phenoxy) is 1. The van der Waals surface area contributed by atoms with Crippen molar-refractivity contribution in [2.24, 2.45) is 0 Å². The van der Waals surface area contributed by atoms with Gasteiger partial charge in [-0.2, -0.15) is 0 Å². The van der Waals surface area contributed by atoms with Crippen LogP contribution in [0.4, 0.5) is 10.1 Å². The van der Waals surface area contributed by atoms with Crippen LogP contribution < -0.4 is 10.1 Å². The van der Waals surface area contributed by atoms with E-state index in [4.69, 9.17) is 4.74 Å². The van der Waals surface area contributed by atoms with E-state index in [9.17, 15) is 4.39 Å². The molecule has 0 aromatic heterocycles. The van der Waals surface area contributed by atoms with Gasteiger partial charge in [0.2, 0.25) is 0 Å². The Morgan fingerprint density at radius 3 is 2.89 bits per heavy atom. The van der Waals surface area contributed by atoms with Crippen molar-refractivity contribution in [2.45, 2.75) is 18.9 Å². The van der Waals surface area contributed by atoms with Gasteiger partial charge in [-0.3, -0.25) is 0 Å². The molecule has 0 spiro atoms. The zero-order valence-corrected chi connectivity index (χ0v) is 10.8. The third-order valence-corrected chi connectivity index (χ3v) is 3.60. The molecule has 0 saturated heterocycles. The van der Waals surface area contributed by atoms with Crippen molar-refractivity contribution in [3.05, 3.63) is 59.4 Å². The molecule has 2 nitrogen and oxygen atoms in total. The number of fused-ring (bicyclic) bond motifs is 1. The summed E-state index contributed by atoms with van der Waals surface area (Å²) >= 11 is 0. The van der Waals surface area contributed by atoms with Crippen LogP contribution in [0.25, 0.3) is 0 Å². The molecular formula is C16H16FNO. The first-order valence-electron chi connectivity index (χ1n) is 6.45. The van der Waals surface area contributed by atoms with Gasteiger partial charge >= 0.3 is 0 Å². The molecule has 0 amide bonds. The Hall–Kier alpha value is -2.03. The predicted octanol–water partition coefficient (Wildman–Crippen LogP) is 3.93. The summed E-state index contributed by atoms with van der Waals surface area (Å²) in [6.45, 7) is 0. The standard InChI is InChI=1S/C16H16FNO/c1-19-14-7-5-11-6-8-16(15(11)10-14)18-13-4-2-3-12(17)9-13/h2-5,7,9-10,16,18H,6,8H2,1H3. The molecule has 2 aromatic carbocycles. The number of rotatable bonds is 3. The Labute approximate surface area is 112 Å². The fourth-order valence-corrected chi connectivity index (χ4v) is 2.64. The molecule has 0 aliphatic heterocycles. The molecule has 0 fully saturated rings. The molecule has 0 heterocycles. The molecule has 1 N–H and O–H groups in total. The highest BCUT2D eigenvalue weighted by Crippen LogP contribution is 2.36. The normalized spacial score (nSPS) is 17.1. The lowest BCUT2D eigenvalue weighted by Crippen LogP contribution is -2.07. The monoisotopic (exact) mass is 257 g/mol. The van der Waals surface area contributed by atoms with E-state index in [1.165, 1.54) is 23.3 Å². The van der Waals surface area contributed by atoms with Crippen LogP contribution in [0.1, 0.15) is 23.6 Å². The van der Waals surface area contributed by atoms with Gasteiger partial charge in [-0.1, -0.05) is 12.1 Å². The molecule has 2 aromatic rings. The SMILES string of the molecule is COc1ccc2c(c1)C(Nc1cccc(F)c1)CC2. The summed E-state index contributed by atoms with van der Waals surface area (Å²) in [6.07, 6.45) is 2.07. The van der Waals surface area contributed by atoms with Gasteiger partial charge in [-0.25, -0.2) is 4.39 Å². The third-order valence-electron chi connectivity index (χ3n) is 3.60. The smallest absolute Gasteiger partial charge is 0.125 e. The first-order chi connectivity index (χ1) is 9.26. The summed E-state index contributed by atoms with van der Waals surface area (Å²) in [4.78, 5) is 0. The third kappa shape index (κ3) is 2.41. The second kappa shape index (κ2) is 4.92. The first-order valence-corrected chi connectivity index (χ1v) is 6.45. The van der Waals surface area contributed by atoms with Crippen LogP contribution in [0.5, 0.6) is 5.75 Å². The molecular weight excluding hydrogens is 241 g/mol. The van der Waals surface area contributed by atoms with Crippen LogP contribution in [0, 0.1) is 5.82 Å². The van der Waals surface area contributed by atoms with Gasteiger partial charge in [0.05, 0.1) is 13.2 Å². The molecule has 19 heavy (non-hydrogen) atoms. The van der Waals surface area contributed by atoms with Crippen molar-refractivity contribution < 1.29 is 9.13 Å². The molecule has 3 rings (SSSR count). The summed E-state index contributed by atoms with van der Waals surface area (Å²) in [5, 5.41) is 3.39. The molecule has 0 bridgehead atoms. The predicted molar refractivity (Wildman–Crippen MR) is 74.1 cm³/mol.